The average molecular weight is 654 g/mol. The molecule has 1 heterocycles. The molecule has 0 atom stereocenters. The second kappa shape index (κ2) is 11.3. The van der Waals surface area contributed by atoms with Gasteiger partial charge in [-0.3, -0.25) is 0 Å². The molecule has 1 aliphatic carbocycles. The Bertz CT molecular complexity index is 2760. The van der Waals surface area contributed by atoms with Gasteiger partial charge < -0.3 is 9.32 Å². The van der Waals surface area contributed by atoms with Crippen molar-refractivity contribution in [1.29, 1.82) is 0 Å². The molecule has 9 aromatic rings. The van der Waals surface area contributed by atoms with Crippen LogP contribution in [0.15, 0.2) is 180 Å². The van der Waals surface area contributed by atoms with Gasteiger partial charge in [0.05, 0.1) is 11.1 Å². The summed E-state index contributed by atoms with van der Waals surface area (Å²) in [6.07, 6.45) is 0. The van der Waals surface area contributed by atoms with Gasteiger partial charge in [0.15, 0.2) is 0 Å². The highest BCUT2D eigenvalue weighted by atomic mass is 16.3. The molecule has 0 radical (unpaired) electrons. The van der Waals surface area contributed by atoms with E-state index < -0.39 is 0 Å². The molecule has 51 heavy (non-hydrogen) atoms. The van der Waals surface area contributed by atoms with Gasteiger partial charge in [0, 0.05) is 27.7 Å². The van der Waals surface area contributed by atoms with Crippen molar-refractivity contribution in [2.24, 2.45) is 0 Å². The smallest absolute Gasteiger partial charge is 0.143 e. The number of benzene rings is 8. The maximum absolute atomic E-state index is 6.91. The summed E-state index contributed by atoms with van der Waals surface area (Å²) < 4.78 is 6.91. The molecule has 0 fully saturated rings. The summed E-state index contributed by atoms with van der Waals surface area (Å²) in [5.74, 6) is 0. The molecule has 1 aromatic heterocycles. The fourth-order valence-electron chi connectivity index (χ4n) is 8.38. The molecular weight excluding hydrogens is 619 g/mol. The first-order chi connectivity index (χ1) is 25.1. The summed E-state index contributed by atoms with van der Waals surface area (Å²) >= 11 is 0. The number of hydrogen-bond donors (Lipinski definition) is 0. The quantitative estimate of drug-likeness (QED) is 0.184. The Morgan fingerprint density at radius 2 is 1.12 bits per heavy atom. The number of nitrogens with zero attached hydrogens (tertiary/aromatic N) is 1. The molecule has 0 unspecified atom stereocenters. The van der Waals surface area contributed by atoms with E-state index in [1.807, 2.05) is 0 Å². The minimum Gasteiger partial charge on any atom is -0.455 e. The molecule has 0 amide bonds. The van der Waals surface area contributed by atoms with Crippen LogP contribution in [0.2, 0.25) is 0 Å². The van der Waals surface area contributed by atoms with Gasteiger partial charge in [0.25, 0.3) is 0 Å². The van der Waals surface area contributed by atoms with Crippen molar-refractivity contribution < 1.29 is 4.42 Å². The zero-order valence-electron chi connectivity index (χ0n) is 28.6. The Kier molecular flexibility index (Phi) is 6.56. The summed E-state index contributed by atoms with van der Waals surface area (Å²) in [4.78, 5) is 2.42. The average Bonchev–Trinajstić information content (AvgIpc) is 3.67. The van der Waals surface area contributed by atoms with Crippen LogP contribution in [0, 0.1) is 0 Å². The number of rotatable bonds is 5. The van der Waals surface area contributed by atoms with E-state index >= 15 is 0 Å². The standard InChI is InChI=1S/C49H35NO/c1-49(2)42-21-12-11-20-39(42)40-29-28-37(31-43(40)49)50(36-26-24-33(25-27-36)32-14-5-3-6-15-32)44-22-13-23-45-47(44)41-30-35-18-9-10-19-38(35)46(48(41)51-45)34-16-7-4-8-17-34/h3-31H,1-2H3. The molecule has 2 nitrogen and oxygen atoms in total. The summed E-state index contributed by atoms with van der Waals surface area (Å²) in [6.45, 7) is 4.70. The van der Waals surface area contributed by atoms with Crippen molar-refractivity contribution in [3.63, 3.8) is 0 Å². The van der Waals surface area contributed by atoms with Crippen molar-refractivity contribution in [2.45, 2.75) is 19.3 Å². The van der Waals surface area contributed by atoms with Gasteiger partial charge >= 0.3 is 0 Å². The molecule has 242 valence electrons. The molecular formula is C49H35NO. The van der Waals surface area contributed by atoms with Gasteiger partial charge in [-0.25, -0.2) is 0 Å². The first-order valence-corrected chi connectivity index (χ1v) is 17.7. The number of fused-ring (bicyclic) bond motifs is 7. The van der Waals surface area contributed by atoms with Crippen molar-refractivity contribution in [3.05, 3.63) is 187 Å². The zero-order valence-corrected chi connectivity index (χ0v) is 28.6. The molecule has 1 aliphatic rings. The van der Waals surface area contributed by atoms with Crippen LogP contribution in [-0.4, -0.2) is 0 Å². The number of hydrogen-bond acceptors (Lipinski definition) is 2. The Morgan fingerprint density at radius 1 is 0.471 bits per heavy atom. The lowest BCUT2D eigenvalue weighted by molar-refractivity contribution is 0.660. The molecule has 0 saturated carbocycles. The predicted molar refractivity (Wildman–Crippen MR) is 214 cm³/mol. The van der Waals surface area contributed by atoms with Gasteiger partial charge in [-0.2, -0.15) is 0 Å². The lowest BCUT2D eigenvalue weighted by atomic mass is 9.82. The number of furan rings is 1. The second-order valence-electron chi connectivity index (χ2n) is 14.1. The molecule has 0 saturated heterocycles. The largest absolute Gasteiger partial charge is 0.455 e. The van der Waals surface area contributed by atoms with E-state index in [0.29, 0.717) is 0 Å². The summed E-state index contributed by atoms with van der Waals surface area (Å²) in [6, 6.07) is 63.5. The molecule has 0 spiro atoms. The normalized spacial score (nSPS) is 13.1. The lowest BCUT2D eigenvalue weighted by Gasteiger charge is -2.29. The van der Waals surface area contributed by atoms with E-state index in [1.165, 1.54) is 44.2 Å². The van der Waals surface area contributed by atoms with Crippen LogP contribution in [0.5, 0.6) is 0 Å². The predicted octanol–water partition coefficient (Wildman–Crippen LogP) is 13.8. The van der Waals surface area contributed by atoms with Crippen molar-refractivity contribution >= 4 is 49.8 Å². The lowest BCUT2D eigenvalue weighted by Crippen LogP contribution is -2.16. The van der Waals surface area contributed by atoms with Crippen LogP contribution in [0.25, 0.3) is 66.1 Å². The van der Waals surface area contributed by atoms with E-state index in [0.717, 1.165) is 50.1 Å². The summed E-state index contributed by atoms with van der Waals surface area (Å²) in [5, 5.41) is 4.59. The van der Waals surface area contributed by atoms with Gasteiger partial charge in [-0.15, -0.1) is 0 Å². The first-order valence-electron chi connectivity index (χ1n) is 17.7. The van der Waals surface area contributed by atoms with Crippen LogP contribution in [0.4, 0.5) is 17.1 Å². The third kappa shape index (κ3) is 4.57. The van der Waals surface area contributed by atoms with Gasteiger partial charge in [0.2, 0.25) is 0 Å². The molecule has 0 N–H and O–H groups in total. The Morgan fingerprint density at radius 3 is 1.92 bits per heavy atom. The maximum Gasteiger partial charge on any atom is 0.143 e. The minimum absolute atomic E-state index is 0.122. The third-order valence-corrected chi connectivity index (χ3v) is 10.8. The van der Waals surface area contributed by atoms with Gasteiger partial charge in [0.1, 0.15) is 11.2 Å². The maximum atomic E-state index is 6.91. The molecule has 8 aromatic carbocycles. The number of anilines is 3. The molecule has 0 bridgehead atoms. The topological polar surface area (TPSA) is 16.4 Å². The molecule has 10 rings (SSSR count). The Labute approximate surface area is 297 Å². The van der Waals surface area contributed by atoms with E-state index in [-0.39, 0.29) is 5.41 Å². The van der Waals surface area contributed by atoms with E-state index in [9.17, 15) is 0 Å². The summed E-state index contributed by atoms with van der Waals surface area (Å²) in [5.41, 5.74) is 15.0. The highest BCUT2D eigenvalue weighted by Crippen LogP contribution is 2.52. The highest BCUT2D eigenvalue weighted by Gasteiger charge is 2.36. The van der Waals surface area contributed by atoms with Crippen molar-refractivity contribution in [3.8, 4) is 33.4 Å². The van der Waals surface area contributed by atoms with Crippen molar-refractivity contribution in [1.82, 2.24) is 0 Å². The van der Waals surface area contributed by atoms with Crippen molar-refractivity contribution in [2.75, 3.05) is 4.90 Å². The zero-order chi connectivity index (χ0) is 34.1. The van der Waals surface area contributed by atoms with Crippen LogP contribution >= 0.6 is 0 Å². The van der Waals surface area contributed by atoms with Crippen LogP contribution in [0.3, 0.4) is 0 Å². The molecule has 2 heteroatoms. The third-order valence-electron chi connectivity index (χ3n) is 10.8. The minimum atomic E-state index is -0.122. The fraction of sp³-hybridized carbons (Fsp3) is 0.0612. The van der Waals surface area contributed by atoms with E-state index in [1.54, 1.807) is 0 Å². The second-order valence-corrected chi connectivity index (χ2v) is 14.1. The monoisotopic (exact) mass is 653 g/mol. The van der Waals surface area contributed by atoms with Crippen LogP contribution in [-0.2, 0) is 5.41 Å². The Balaban J connectivity index is 1.24. The summed E-state index contributed by atoms with van der Waals surface area (Å²) in [7, 11) is 0. The highest BCUT2D eigenvalue weighted by molar-refractivity contribution is 6.22. The van der Waals surface area contributed by atoms with Gasteiger partial charge in [-0.05, 0) is 92.2 Å². The van der Waals surface area contributed by atoms with Gasteiger partial charge in [-0.1, -0.05) is 147 Å². The van der Waals surface area contributed by atoms with Crippen LogP contribution in [0.1, 0.15) is 25.0 Å². The first kappa shape index (κ1) is 29.5. The molecule has 0 aliphatic heterocycles. The van der Waals surface area contributed by atoms with Crippen LogP contribution < -0.4 is 4.90 Å². The van der Waals surface area contributed by atoms with E-state index in [4.69, 9.17) is 4.42 Å². The Hall–Kier alpha value is -6.38. The fourth-order valence-corrected chi connectivity index (χ4v) is 8.38. The van der Waals surface area contributed by atoms with E-state index in [2.05, 4.69) is 195 Å². The SMILES string of the molecule is CC1(C)c2ccccc2-c2ccc(N(c3ccc(-c4ccccc4)cc3)c3cccc4oc5c(-c6ccccc6)c6ccccc6cc5c34)cc21.